The highest BCUT2D eigenvalue weighted by molar-refractivity contribution is 5.88. The molecule has 2 atom stereocenters. The van der Waals surface area contributed by atoms with E-state index in [-0.39, 0.29) is 23.0 Å². The number of carbonyl (C=O) groups is 1. The van der Waals surface area contributed by atoms with Crippen molar-refractivity contribution in [3.63, 3.8) is 0 Å². The van der Waals surface area contributed by atoms with Gasteiger partial charge < -0.3 is 5.32 Å². The lowest BCUT2D eigenvalue weighted by atomic mass is 9.66. The fraction of sp³-hybridized carbons (Fsp3) is 0.429. The Bertz CT molecular complexity index is 775. The lowest BCUT2D eigenvalue weighted by molar-refractivity contribution is -0.124. The number of rotatable bonds is 2. The molecule has 0 saturated carbocycles. The van der Waals surface area contributed by atoms with Gasteiger partial charge in [0.1, 0.15) is 5.78 Å². The molecule has 0 saturated heterocycles. The van der Waals surface area contributed by atoms with Crippen LogP contribution in [0.1, 0.15) is 51.2 Å². The van der Waals surface area contributed by atoms with Gasteiger partial charge >= 0.3 is 0 Å². The average molecular weight is 320 g/mol. The molecule has 0 spiro atoms. The molecule has 124 valence electrons. The van der Waals surface area contributed by atoms with Crippen molar-refractivity contribution in [1.29, 1.82) is 5.26 Å². The third kappa shape index (κ3) is 2.78. The molecule has 3 nitrogen and oxygen atoms in total. The number of hydrogen-bond acceptors (Lipinski definition) is 3. The van der Waals surface area contributed by atoms with Crippen LogP contribution in [0.5, 0.6) is 0 Å². The normalized spacial score (nSPS) is 25.5. The molecular weight excluding hydrogens is 296 g/mol. The van der Waals surface area contributed by atoms with Crippen LogP contribution in [-0.2, 0) is 11.2 Å². The summed E-state index contributed by atoms with van der Waals surface area (Å²) in [6, 6.07) is 10.7. The van der Waals surface area contributed by atoms with Crippen molar-refractivity contribution in [2.45, 2.75) is 46.5 Å². The summed E-state index contributed by atoms with van der Waals surface area (Å²) >= 11 is 0. The second-order valence-electron chi connectivity index (χ2n) is 7.56. The highest BCUT2D eigenvalue weighted by Crippen LogP contribution is 2.46. The average Bonchev–Trinajstić information content (AvgIpc) is 2.52. The fourth-order valence-corrected chi connectivity index (χ4v) is 3.93. The maximum absolute atomic E-state index is 12.9. The molecule has 1 heterocycles. The van der Waals surface area contributed by atoms with Gasteiger partial charge in [-0.25, -0.2) is 0 Å². The van der Waals surface area contributed by atoms with Crippen LogP contribution in [-0.4, -0.2) is 5.78 Å². The van der Waals surface area contributed by atoms with E-state index in [0.29, 0.717) is 12.0 Å². The zero-order valence-corrected chi connectivity index (χ0v) is 14.8. The molecule has 3 rings (SSSR count). The minimum Gasteiger partial charge on any atom is -0.361 e. The molecule has 0 amide bonds. The lowest BCUT2D eigenvalue weighted by Gasteiger charge is -2.40. The monoisotopic (exact) mass is 320 g/mol. The second-order valence-corrected chi connectivity index (χ2v) is 7.56. The van der Waals surface area contributed by atoms with Crippen molar-refractivity contribution in [2.75, 3.05) is 0 Å². The van der Waals surface area contributed by atoms with E-state index in [0.717, 1.165) is 23.4 Å². The first kappa shape index (κ1) is 16.5. The summed E-state index contributed by atoms with van der Waals surface area (Å²) in [6.07, 6.45) is 3.67. The van der Waals surface area contributed by atoms with Gasteiger partial charge in [-0.15, -0.1) is 0 Å². The fourth-order valence-electron chi connectivity index (χ4n) is 3.93. The van der Waals surface area contributed by atoms with Crippen LogP contribution < -0.4 is 5.32 Å². The first-order valence-corrected chi connectivity index (χ1v) is 8.58. The van der Waals surface area contributed by atoms with Gasteiger partial charge in [-0.2, -0.15) is 5.26 Å². The van der Waals surface area contributed by atoms with Crippen LogP contribution >= 0.6 is 0 Å². The van der Waals surface area contributed by atoms with Crippen LogP contribution in [0.15, 0.2) is 47.3 Å². The van der Waals surface area contributed by atoms with Gasteiger partial charge in [0.05, 0.1) is 17.6 Å². The van der Waals surface area contributed by atoms with Crippen LogP contribution in [0.4, 0.5) is 0 Å². The number of nitriles is 1. The molecule has 1 aliphatic carbocycles. The maximum atomic E-state index is 12.9. The number of allylic oxidation sites excluding steroid dienone is 4. The van der Waals surface area contributed by atoms with Crippen LogP contribution in [0, 0.1) is 22.7 Å². The number of aryl methyl sites for hydroxylation is 1. The Morgan fingerprint density at radius 1 is 1.25 bits per heavy atom. The Labute approximate surface area is 144 Å². The maximum Gasteiger partial charge on any atom is 0.143 e. The van der Waals surface area contributed by atoms with E-state index in [2.05, 4.69) is 62.5 Å². The zero-order chi connectivity index (χ0) is 17.5. The number of fused-ring (bicyclic) bond motifs is 1. The molecule has 1 aliphatic heterocycles. The summed E-state index contributed by atoms with van der Waals surface area (Å²) < 4.78 is 0. The summed E-state index contributed by atoms with van der Waals surface area (Å²) in [5.74, 6) is -0.240. The van der Waals surface area contributed by atoms with Gasteiger partial charge in [-0.05, 0) is 29.9 Å². The molecule has 1 aromatic rings. The summed E-state index contributed by atoms with van der Waals surface area (Å²) in [6.45, 7) is 8.21. The van der Waals surface area contributed by atoms with E-state index in [4.69, 9.17) is 0 Å². The van der Waals surface area contributed by atoms with Gasteiger partial charge in [-0.3, -0.25) is 4.79 Å². The molecule has 1 aromatic carbocycles. The Morgan fingerprint density at radius 3 is 2.50 bits per heavy atom. The van der Waals surface area contributed by atoms with Gasteiger partial charge in [0.25, 0.3) is 0 Å². The summed E-state index contributed by atoms with van der Waals surface area (Å²) in [4.78, 5) is 12.9. The minimum absolute atomic E-state index is 0.142. The van der Waals surface area contributed by atoms with Crippen molar-refractivity contribution in [1.82, 2.24) is 5.32 Å². The molecule has 2 aliphatic rings. The van der Waals surface area contributed by atoms with Crippen molar-refractivity contribution >= 4 is 5.78 Å². The lowest BCUT2D eigenvalue weighted by Crippen LogP contribution is -2.41. The number of Topliss-reactive ketones (excluding diaryl/α,β-unsaturated/α-hetero) is 1. The number of ketones is 1. The van der Waals surface area contributed by atoms with E-state index in [1.165, 1.54) is 5.56 Å². The van der Waals surface area contributed by atoms with E-state index in [1.807, 2.05) is 6.92 Å². The predicted molar refractivity (Wildman–Crippen MR) is 95.0 cm³/mol. The second kappa shape index (κ2) is 5.94. The van der Waals surface area contributed by atoms with Gasteiger partial charge in [0.2, 0.25) is 0 Å². The standard InChI is InChI=1S/C21H24N2O/c1-5-14-6-8-15(9-7-14)19-16(12-22)13(2)23-17-10-21(3,4)11-18(24)20(17)19/h6-10,19-20,23H,5,11H2,1-4H3. The molecule has 0 aromatic heterocycles. The van der Waals surface area contributed by atoms with Crippen LogP contribution in [0.25, 0.3) is 0 Å². The van der Waals surface area contributed by atoms with Gasteiger partial charge in [0, 0.05) is 23.7 Å². The SMILES string of the molecule is CCc1ccc(C2C(C#N)=C(C)NC3=CC(C)(C)CC(=O)C32)cc1. The Morgan fingerprint density at radius 2 is 1.92 bits per heavy atom. The molecule has 0 bridgehead atoms. The summed E-state index contributed by atoms with van der Waals surface area (Å²) in [5.41, 5.74) is 4.66. The van der Waals surface area contributed by atoms with Crippen molar-refractivity contribution < 1.29 is 4.79 Å². The number of nitrogens with zero attached hydrogens (tertiary/aromatic N) is 1. The zero-order valence-electron chi connectivity index (χ0n) is 14.8. The Hall–Kier alpha value is -2.34. The molecule has 3 heteroatoms. The third-order valence-corrected chi connectivity index (χ3v) is 5.11. The van der Waals surface area contributed by atoms with E-state index >= 15 is 0 Å². The summed E-state index contributed by atoms with van der Waals surface area (Å²) in [7, 11) is 0. The first-order valence-electron chi connectivity index (χ1n) is 8.58. The number of benzene rings is 1. The Kier molecular flexibility index (Phi) is 4.09. The molecule has 0 radical (unpaired) electrons. The van der Waals surface area contributed by atoms with Crippen molar-refractivity contribution in [2.24, 2.45) is 11.3 Å². The van der Waals surface area contributed by atoms with Gasteiger partial charge in [-0.1, -0.05) is 51.1 Å². The smallest absolute Gasteiger partial charge is 0.143 e. The predicted octanol–water partition coefficient (Wildman–Crippen LogP) is 4.23. The Balaban J connectivity index is 2.14. The third-order valence-electron chi connectivity index (χ3n) is 5.11. The molecule has 1 N–H and O–H groups in total. The number of nitrogens with one attached hydrogen (secondary N) is 1. The molecular formula is C21H24N2O. The minimum atomic E-state index is -0.274. The molecule has 2 unspecified atom stereocenters. The molecule has 24 heavy (non-hydrogen) atoms. The number of hydrogen-bond donors (Lipinski definition) is 1. The highest BCUT2D eigenvalue weighted by Gasteiger charge is 2.44. The van der Waals surface area contributed by atoms with E-state index in [9.17, 15) is 10.1 Å². The largest absolute Gasteiger partial charge is 0.361 e. The quantitative estimate of drug-likeness (QED) is 0.887. The summed E-state index contributed by atoms with van der Waals surface area (Å²) in [5, 5.41) is 13.0. The highest BCUT2D eigenvalue weighted by atomic mass is 16.1. The number of carbonyl (C=O) groups excluding carboxylic acids is 1. The van der Waals surface area contributed by atoms with Crippen LogP contribution in [0.3, 0.4) is 0 Å². The van der Waals surface area contributed by atoms with E-state index < -0.39 is 0 Å². The van der Waals surface area contributed by atoms with Gasteiger partial charge in [0.15, 0.2) is 0 Å². The first-order chi connectivity index (χ1) is 11.4. The van der Waals surface area contributed by atoms with E-state index in [1.54, 1.807) is 0 Å². The van der Waals surface area contributed by atoms with Crippen molar-refractivity contribution in [3.8, 4) is 6.07 Å². The van der Waals surface area contributed by atoms with Crippen LogP contribution in [0.2, 0.25) is 0 Å². The molecule has 0 fully saturated rings. The topological polar surface area (TPSA) is 52.9 Å². The van der Waals surface area contributed by atoms with Crippen molar-refractivity contribution in [3.05, 3.63) is 58.4 Å².